The van der Waals surface area contributed by atoms with E-state index in [1.54, 1.807) is 4.68 Å². The predicted molar refractivity (Wildman–Crippen MR) is 119 cm³/mol. The Balaban J connectivity index is 1.25. The number of nitrogen functional groups attached to an aromatic ring is 1. The lowest BCUT2D eigenvalue weighted by Crippen LogP contribution is -2.25. The molecule has 0 saturated heterocycles. The molecule has 178 valence electrons. The number of ether oxygens (including phenoxy) is 1. The molecule has 11 heteroatoms. The van der Waals surface area contributed by atoms with Crippen molar-refractivity contribution >= 4 is 34.2 Å². The second-order valence-corrected chi connectivity index (χ2v) is 9.21. The van der Waals surface area contributed by atoms with Crippen LogP contribution in [0.2, 0.25) is 5.02 Å². The smallest absolute Gasteiger partial charge is 0.452 e. The molecule has 2 bridgehead atoms. The van der Waals surface area contributed by atoms with Gasteiger partial charge < -0.3 is 10.5 Å². The minimum absolute atomic E-state index is 0.159. The van der Waals surface area contributed by atoms with Crippen LogP contribution in [0.1, 0.15) is 42.1 Å². The highest BCUT2D eigenvalue weighted by Crippen LogP contribution is 2.47. The van der Waals surface area contributed by atoms with Crippen molar-refractivity contribution in [1.29, 1.82) is 0 Å². The highest BCUT2D eigenvalue weighted by Gasteiger charge is 2.41. The van der Waals surface area contributed by atoms with Crippen LogP contribution >= 0.6 is 11.6 Å². The number of pyridine rings is 1. The number of fused-ring (bicyclic) bond motifs is 5. The van der Waals surface area contributed by atoms with Gasteiger partial charge in [-0.05, 0) is 55.7 Å². The molecule has 2 aromatic heterocycles. The van der Waals surface area contributed by atoms with Crippen molar-refractivity contribution in [3.8, 4) is 0 Å². The zero-order chi connectivity index (χ0) is 24.0. The average molecular weight is 492 g/mol. The van der Waals surface area contributed by atoms with Crippen molar-refractivity contribution in [3.05, 3.63) is 58.0 Å². The number of benzene rings is 1. The van der Waals surface area contributed by atoms with Gasteiger partial charge in [0.05, 0.1) is 11.7 Å². The van der Waals surface area contributed by atoms with Crippen LogP contribution in [-0.2, 0) is 29.1 Å². The first-order valence-corrected chi connectivity index (χ1v) is 11.2. The number of esters is 1. The van der Waals surface area contributed by atoms with E-state index < -0.39 is 18.8 Å². The third kappa shape index (κ3) is 4.46. The SMILES string of the molecule is Nc1c2c(nc3cc(Cl)ccc13)CC1C=C(CCn3cc(COC(=O)C(F)(F)F)nn3)CC2C1. The van der Waals surface area contributed by atoms with Crippen molar-refractivity contribution in [3.63, 3.8) is 0 Å². The Morgan fingerprint density at radius 1 is 1.29 bits per heavy atom. The number of allylic oxidation sites excluding steroid dienone is 2. The molecule has 2 heterocycles. The van der Waals surface area contributed by atoms with Crippen molar-refractivity contribution in [2.24, 2.45) is 5.92 Å². The van der Waals surface area contributed by atoms with Gasteiger partial charge in [0.15, 0.2) is 0 Å². The Bertz CT molecular complexity index is 1300. The lowest BCUT2D eigenvalue weighted by molar-refractivity contribution is -0.201. The summed E-state index contributed by atoms with van der Waals surface area (Å²) in [5.74, 6) is -1.59. The topological polar surface area (TPSA) is 95.9 Å². The molecule has 5 rings (SSSR count). The molecular weight excluding hydrogens is 471 g/mol. The summed E-state index contributed by atoms with van der Waals surface area (Å²) < 4.78 is 42.5. The van der Waals surface area contributed by atoms with Crippen LogP contribution in [0.15, 0.2) is 36.0 Å². The van der Waals surface area contributed by atoms with E-state index in [-0.39, 0.29) is 11.6 Å². The molecule has 7 nitrogen and oxygen atoms in total. The highest BCUT2D eigenvalue weighted by molar-refractivity contribution is 6.31. The molecule has 0 fully saturated rings. The monoisotopic (exact) mass is 491 g/mol. The van der Waals surface area contributed by atoms with Crippen molar-refractivity contribution < 1.29 is 22.7 Å². The molecular formula is C23H21ClF3N5O2. The summed E-state index contributed by atoms with van der Waals surface area (Å²) in [6.07, 6.45) is 2.19. The predicted octanol–water partition coefficient (Wildman–Crippen LogP) is 4.73. The summed E-state index contributed by atoms with van der Waals surface area (Å²) in [5.41, 5.74) is 11.8. The van der Waals surface area contributed by atoms with E-state index in [1.807, 2.05) is 18.2 Å². The Morgan fingerprint density at radius 2 is 2.12 bits per heavy atom. The molecule has 2 aliphatic carbocycles. The van der Waals surface area contributed by atoms with E-state index in [2.05, 4.69) is 21.1 Å². The normalized spacial score (nSPS) is 19.6. The molecule has 0 radical (unpaired) electrons. The van der Waals surface area contributed by atoms with Gasteiger partial charge in [0.1, 0.15) is 12.3 Å². The second kappa shape index (κ2) is 8.57. The lowest BCUT2D eigenvalue weighted by Gasteiger charge is -2.36. The van der Waals surface area contributed by atoms with Gasteiger partial charge in [-0.3, -0.25) is 9.67 Å². The molecule has 1 aromatic carbocycles. The van der Waals surface area contributed by atoms with E-state index >= 15 is 0 Å². The fraction of sp³-hybridized carbons (Fsp3) is 0.391. The molecule has 34 heavy (non-hydrogen) atoms. The molecule has 2 N–H and O–H groups in total. The molecule has 0 aliphatic heterocycles. The van der Waals surface area contributed by atoms with Gasteiger partial charge in [-0.2, -0.15) is 13.2 Å². The van der Waals surface area contributed by atoms with Crippen LogP contribution < -0.4 is 5.73 Å². The van der Waals surface area contributed by atoms with Crippen molar-refractivity contribution in [2.45, 2.75) is 50.9 Å². The minimum atomic E-state index is -5.03. The summed E-state index contributed by atoms with van der Waals surface area (Å²) in [4.78, 5) is 15.7. The van der Waals surface area contributed by atoms with E-state index in [9.17, 15) is 18.0 Å². The maximum Gasteiger partial charge on any atom is 0.490 e. The van der Waals surface area contributed by atoms with Crippen LogP contribution in [0.4, 0.5) is 18.9 Å². The Kier molecular flexibility index (Phi) is 5.71. The maximum atomic E-state index is 12.3. The van der Waals surface area contributed by atoms with Gasteiger partial charge in [-0.25, -0.2) is 4.79 Å². The summed E-state index contributed by atoms with van der Waals surface area (Å²) in [5, 5.41) is 9.26. The van der Waals surface area contributed by atoms with E-state index in [0.29, 0.717) is 17.5 Å². The molecule has 2 atom stereocenters. The number of carbonyl (C=O) groups is 1. The van der Waals surface area contributed by atoms with Crippen LogP contribution in [-0.4, -0.2) is 32.1 Å². The van der Waals surface area contributed by atoms with Crippen LogP contribution in [0.3, 0.4) is 0 Å². The van der Waals surface area contributed by atoms with E-state index in [1.165, 1.54) is 11.8 Å². The maximum absolute atomic E-state index is 12.3. The minimum Gasteiger partial charge on any atom is -0.452 e. The lowest BCUT2D eigenvalue weighted by atomic mass is 9.70. The van der Waals surface area contributed by atoms with Crippen molar-refractivity contribution in [1.82, 2.24) is 20.0 Å². The number of nitrogens with zero attached hydrogens (tertiary/aromatic N) is 4. The third-order valence-corrected chi connectivity index (χ3v) is 6.60. The molecule has 0 spiro atoms. The number of hydrogen-bond acceptors (Lipinski definition) is 6. The summed E-state index contributed by atoms with van der Waals surface area (Å²) in [7, 11) is 0. The molecule has 0 saturated carbocycles. The number of halogens is 4. The van der Waals surface area contributed by atoms with Gasteiger partial charge in [0, 0.05) is 33.9 Å². The summed E-state index contributed by atoms with van der Waals surface area (Å²) >= 11 is 6.14. The molecule has 2 aliphatic rings. The average Bonchev–Trinajstić information content (AvgIpc) is 3.22. The Morgan fingerprint density at radius 3 is 2.91 bits per heavy atom. The molecule has 3 aromatic rings. The van der Waals surface area contributed by atoms with Crippen LogP contribution in [0.5, 0.6) is 0 Å². The molecule has 0 amide bonds. The number of aromatic nitrogens is 4. The van der Waals surface area contributed by atoms with E-state index in [4.69, 9.17) is 22.3 Å². The van der Waals surface area contributed by atoms with Gasteiger partial charge in [-0.15, -0.1) is 5.10 Å². The Hall–Kier alpha value is -3.14. The Labute approximate surface area is 197 Å². The number of alkyl halides is 3. The van der Waals surface area contributed by atoms with E-state index in [0.717, 1.165) is 53.5 Å². The highest BCUT2D eigenvalue weighted by atomic mass is 35.5. The fourth-order valence-corrected chi connectivity index (χ4v) is 5.13. The van der Waals surface area contributed by atoms with Gasteiger partial charge in [0.25, 0.3) is 0 Å². The quantitative estimate of drug-likeness (QED) is 0.409. The molecule has 2 unspecified atom stereocenters. The number of carbonyl (C=O) groups excluding carboxylic acids is 1. The fourth-order valence-electron chi connectivity index (χ4n) is 4.97. The number of nitrogens with two attached hydrogens (primary N) is 1. The van der Waals surface area contributed by atoms with Crippen LogP contribution in [0.25, 0.3) is 10.9 Å². The first-order chi connectivity index (χ1) is 16.2. The van der Waals surface area contributed by atoms with Gasteiger partial charge >= 0.3 is 12.1 Å². The number of hydrogen-bond donors (Lipinski definition) is 1. The first-order valence-electron chi connectivity index (χ1n) is 10.9. The number of aryl methyl sites for hydroxylation is 1. The van der Waals surface area contributed by atoms with Crippen molar-refractivity contribution in [2.75, 3.05) is 5.73 Å². The summed E-state index contributed by atoms with van der Waals surface area (Å²) in [6, 6.07) is 5.58. The number of rotatable bonds is 5. The van der Waals surface area contributed by atoms with Gasteiger partial charge in [0.2, 0.25) is 0 Å². The van der Waals surface area contributed by atoms with Crippen LogP contribution in [0, 0.1) is 5.92 Å². The largest absolute Gasteiger partial charge is 0.490 e. The van der Waals surface area contributed by atoms with Gasteiger partial charge in [-0.1, -0.05) is 28.5 Å². The standard InChI is InChI=1S/C23H21ClF3N5O2/c24-15-1-2-17-18(9-15)29-19-8-13-5-12(6-14(7-13)20(19)21(17)28)3-4-32-10-16(30-31-32)11-34-22(33)23(25,26)27/h1-2,5,9-10,13-14H,3-4,6-8,11H2,(H2,28,29). The zero-order valence-electron chi connectivity index (χ0n) is 18.0. The summed E-state index contributed by atoms with van der Waals surface area (Å²) in [6.45, 7) is -0.0598. The first kappa shape index (κ1) is 22.6. The number of anilines is 1. The zero-order valence-corrected chi connectivity index (χ0v) is 18.7. The third-order valence-electron chi connectivity index (χ3n) is 6.37. The second-order valence-electron chi connectivity index (χ2n) is 8.77.